The second-order valence-electron chi connectivity index (χ2n) is 9.89. The maximum atomic E-state index is 13.6. The summed E-state index contributed by atoms with van der Waals surface area (Å²) in [5, 5.41) is 11.2. The van der Waals surface area contributed by atoms with E-state index >= 15 is 0 Å². The molecule has 1 aromatic heterocycles. The zero-order valence-corrected chi connectivity index (χ0v) is 22.3. The summed E-state index contributed by atoms with van der Waals surface area (Å²) in [7, 11) is -4.01. The van der Waals surface area contributed by atoms with Gasteiger partial charge in [0.1, 0.15) is 17.5 Å². The second-order valence-corrected chi connectivity index (χ2v) is 11.6. The van der Waals surface area contributed by atoms with Crippen molar-refractivity contribution in [3.8, 4) is 5.88 Å². The number of pyridine rings is 1. The van der Waals surface area contributed by atoms with E-state index in [9.17, 15) is 18.3 Å². The van der Waals surface area contributed by atoms with E-state index in [2.05, 4.69) is 14.7 Å². The summed E-state index contributed by atoms with van der Waals surface area (Å²) in [5.41, 5.74) is 1.22. The van der Waals surface area contributed by atoms with Crippen LogP contribution < -0.4 is 9.46 Å². The molecule has 3 heterocycles. The Kier molecular flexibility index (Phi) is 6.81. The van der Waals surface area contributed by atoms with Crippen LogP contribution in [0.5, 0.6) is 5.88 Å². The molecule has 9 nitrogen and oxygen atoms in total. The number of benzene rings is 2. The number of hydrogen-bond donors (Lipinski definition) is 2. The Bertz CT molecular complexity index is 1490. The third-order valence-electron chi connectivity index (χ3n) is 6.89. The van der Waals surface area contributed by atoms with E-state index in [0.717, 1.165) is 17.5 Å². The third kappa shape index (κ3) is 4.82. The molecule has 3 aromatic rings. The van der Waals surface area contributed by atoms with Crippen molar-refractivity contribution >= 4 is 21.8 Å². The predicted molar refractivity (Wildman–Crippen MR) is 143 cm³/mol. The molecule has 198 valence electrons. The summed E-state index contributed by atoms with van der Waals surface area (Å²) >= 11 is 0. The minimum Gasteiger partial charge on any atom is -0.469 e. The number of rotatable bonds is 6. The number of amides is 1. The lowest BCUT2D eigenvalue weighted by Crippen LogP contribution is -2.53. The molecular formula is C28H30N4O5S. The van der Waals surface area contributed by atoms with Crippen LogP contribution in [0.15, 0.2) is 76.7 Å². The van der Waals surface area contributed by atoms with E-state index in [0.29, 0.717) is 18.9 Å². The molecule has 0 saturated heterocycles. The average molecular weight is 535 g/mol. The molecule has 0 aliphatic carbocycles. The number of sulfonamides is 1. The summed E-state index contributed by atoms with van der Waals surface area (Å²) < 4.78 is 35.2. The van der Waals surface area contributed by atoms with E-state index in [4.69, 9.17) is 4.74 Å². The number of carbonyl (C=O) groups excluding carboxylic acids is 1. The topological polar surface area (TPSA) is 121 Å². The standard InChI is InChI=1S/C28H30N4O5S/c1-4-18-10-12-21(13-11-18)38(35,36)31-23-22-16-20(17-30-26(22)37-28(2,3)24(23)33)27(34)32-15-14-29-25(32)19-8-6-5-7-9-19/h5-13,16-17,23-24,31,33H,4,14-15H2,1-3H3/t23-,24+/m1/s1. The Labute approximate surface area is 222 Å². The highest BCUT2D eigenvalue weighted by atomic mass is 32.2. The Morgan fingerprint density at radius 1 is 1.16 bits per heavy atom. The first kappa shape index (κ1) is 26.0. The number of aromatic nitrogens is 1. The van der Waals surface area contributed by atoms with Crippen molar-refractivity contribution in [3.05, 3.63) is 89.1 Å². The lowest BCUT2D eigenvalue weighted by atomic mass is 9.88. The molecule has 2 atom stereocenters. The fourth-order valence-electron chi connectivity index (χ4n) is 4.68. The minimum absolute atomic E-state index is 0.0775. The number of aliphatic imine (C=N–C) groups is 1. The number of ether oxygens (including phenoxy) is 1. The van der Waals surface area contributed by atoms with Crippen LogP contribution in [0.3, 0.4) is 0 Å². The minimum atomic E-state index is -4.01. The number of nitrogens with one attached hydrogen (secondary N) is 1. The quantitative estimate of drug-likeness (QED) is 0.501. The first-order valence-corrected chi connectivity index (χ1v) is 14.0. The number of aliphatic hydroxyl groups excluding tert-OH is 1. The maximum Gasteiger partial charge on any atom is 0.261 e. The number of fused-ring (bicyclic) bond motifs is 1. The van der Waals surface area contributed by atoms with Crippen LogP contribution in [0.25, 0.3) is 0 Å². The molecule has 5 rings (SSSR count). The molecule has 10 heteroatoms. The van der Waals surface area contributed by atoms with Crippen molar-refractivity contribution in [2.75, 3.05) is 13.1 Å². The van der Waals surface area contributed by atoms with Gasteiger partial charge >= 0.3 is 0 Å². The first-order valence-electron chi connectivity index (χ1n) is 12.5. The molecule has 0 saturated carbocycles. The summed E-state index contributed by atoms with van der Waals surface area (Å²) in [6, 6.07) is 16.5. The van der Waals surface area contributed by atoms with E-state index in [-0.39, 0.29) is 27.8 Å². The molecular weight excluding hydrogens is 504 g/mol. The smallest absolute Gasteiger partial charge is 0.261 e. The highest BCUT2D eigenvalue weighted by Crippen LogP contribution is 2.40. The number of nitrogens with zero attached hydrogens (tertiary/aromatic N) is 3. The van der Waals surface area contributed by atoms with Gasteiger partial charge in [-0.15, -0.1) is 0 Å². The van der Waals surface area contributed by atoms with Gasteiger partial charge in [0, 0.05) is 23.9 Å². The average Bonchev–Trinajstić information content (AvgIpc) is 3.41. The summed E-state index contributed by atoms with van der Waals surface area (Å²) in [6.07, 6.45) is 0.940. The van der Waals surface area contributed by atoms with Crippen LogP contribution in [0, 0.1) is 0 Å². The van der Waals surface area contributed by atoms with Crippen molar-refractivity contribution in [2.24, 2.45) is 4.99 Å². The van der Waals surface area contributed by atoms with Crippen molar-refractivity contribution in [1.29, 1.82) is 0 Å². The van der Waals surface area contributed by atoms with Gasteiger partial charge in [-0.3, -0.25) is 14.7 Å². The van der Waals surface area contributed by atoms with Crippen LogP contribution in [0.4, 0.5) is 0 Å². The predicted octanol–water partition coefficient (Wildman–Crippen LogP) is 3.10. The van der Waals surface area contributed by atoms with Gasteiger partial charge in [0.25, 0.3) is 5.91 Å². The molecule has 1 amide bonds. The number of carbonyl (C=O) groups is 1. The largest absolute Gasteiger partial charge is 0.469 e. The van der Waals surface area contributed by atoms with Crippen molar-refractivity contribution < 1.29 is 23.1 Å². The fourth-order valence-corrected chi connectivity index (χ4v) is 5.90. The van der Waals surface area contributed by atoms with Gasteiger partial charge < -0.3 is 9.84 Å². The normalized spacial score (nSPS) is 20.4. The number of hydrogen-bond acceptors (Lipinski definition) is 7. The first-order chi connectivity index (χ1) is 18.1. The van der Waals surface area contributed by atoms with Gasteiger partial charge in [-0.05, 0) is 44.0 Å². The lowest BCUT2D eigenvalue weighted by molar-refractivity contribution is -0.0632. The zero-order valence-electron chi connectivity index (χ0n) is 21.5. The number of aliphatic hydroxyl groups is 1. The second kappa shape index (κ2) is 9.94. The maximum absolute atomic E-state index is 13.6. The molecule has 0 unspecified atom stereocenters. The lowest BCUT2D eigenvalue weighted by Gasteiger charge is -2.41. The molecule has 0 fully saturated rings. The zero-order chi connectivity index (χ0) is 27.1. The monoisotopic (exact) mass is 534 g/mol. The van der Waals surface area contributed by atoms with Crippen molar-refractivity contribution in [1.82, 2.24) is 14.6 Å². The Morgan fingerprint density at radius 3 is 2.55 bits per heavy atom. The van der Waals surface area contributed by atoms with Crippen molar-refractivity contribution in [3.63, 3.8) is 0 Å². The Balaban J connectivity index is 1.49. The van der Waals surface area contributed by atoms with Gasteiger partial charge in [0.15, 0.2) is 0 Å². The van der Waals surface area contributed by atoms with Crippen LogP contribution in [-0.4, -0.2) is 59.9 Å². The SMILES string of the molecule is CCc1ccc(S(=O)(=O)N[C@@H]2c3cc(C(=O)N4CCN=C4c4ccccc4)cnc3OC(C)(C)[C@H]2O)cc1. The van der Waals surface area contributed by atoms with Crippen LogP contribution in [-0.2, 0) is 16.4 Å². The highest BCUT2D eigenvalue weighted by molar-refractivity contribution is 7.89. The Hall–Kier alpha value is -3.60. The van der Waals surface area contributed by atoms with Crippen LogP contribution in [0.1, 0.15) is 53.9 Å². The van der Waals surface area contributed by atoms with Crippen LogP contribution in [0.2, 0.25) is 0 Å². The Morgan fingerprint density at radius 2 is 1.87 bits per heavy atom. The van der Waals surface area contributed by atoms with E-state index in [1.54, 1.807) is 30.9 Å². The molecule has 2 N–H and O–H groups in total. The molecule has 2 aromatic carbocycles. The van der Waals surface area contributed by atoms with Crippen LogP contribution >= 0.6 is 0 Å². The highest BCUT2D eigenvalue weighted by Gasteiger charge is 2.46. The molecule has 2 aliphatic heterocycles. The molecule has 38 heavy (non-hydrogen) atoms. The summed E-state index contributed by atoms with van der Waals surface area (Å²) in [6.45, 7) is 6.19. The molecule has 0 spiro atoms. The number of amidine groups is 1. The fraction of sp³-hybridized carbons (Fsp3) is 0.321. The van der Waals surface area contributed by atoms with Gasteiger partial charge in [0.05, 0.1) is 23.0 Å². The van der Waals surface area contributed by atoms with Crippen molar-refractivity contribution in [2.45, 2.75) is 49.8 Å². The van der Waals surface area contributed by atoms with Gasteiger partial charge in [0.2, 0.25) is 15.9 Å². The molecule has 0 radical (unpaired) electrons. The summed E-state index contributed by atoms with van der Waals surface area (Å²) in [5.74, 6) is 0.402. The van der Waals surface area contributed by atoms with Gasteiger partial charge in [-0.1, -0.05) is 49.4 Å². The van der Waals surface area contributed by atoms with E-state index in [1.807, 2.05) is 37.3 Å². The molecule has 2 aliphatic rings. The summed E-state index contributed by atoms with van der Waals surface area (Å²) in [4.78, 5) is 24.1. The molecule has 0 bridgehead atoms. The van der Waals surface area contributed by atoms with Gasteiger partial charge in [-0.2, -0.15) is 0 Å². The third-order valence-corrected chi connectivity index (χ3v) is 8.35. The van der Waals surface area contributed by atoms with Gasteiger partial charge in [-0.25, -0.2) is 18.1 Å². The number of aryl methyl sites for hydroxylation is 1. The van der Waals surface area contributed by atoms with E-state index in [1.165, 1.54) is 24.4 Å². The van der Waals surface area contributed by atoms with E-state index < -0.39 is 27.8 Å².